The molecular formula is C9H10N4O4. The van der Waals surface area contributed by atoms with Crippen molar-refractivity contribution in [2.75, 3.05) is 11.4 Å². The molecule has 1 saturated heterocycles. The molecule has 0 aliphatic carbocycles. The van der Waals surface area contributed by atoms with Gasteiger partial charge in [0, 0.05) is 26.1 Å². The smallest absolute Gasteiger partial charge is 0.354 e. The fourth-order valence-corrected chi connectivity index (χ4v) is 1.57. The van der Waals surface area contributed by atoms with Crippen molar-refractivity contribution in [1.29, 1.82) is 0 Å². The number of anilines is 1. The number of imide groups is 1. The topological polar surface area (TPSA) is 105 Å². The van der Waals surface area contributed by atoms with Crippen LogP contribution in [0.3, 0.4) is 0 Å². The largest absolute Gasteiger partial charge is 0.477 e. The number of nitrogens with one attached hydrogen (secondary N) is 1. The van der Waals surface area contributed by atoms with Crippen LogP contribution in [0.1, 0.15) is 16.9 Å². The normalized spacial score (nSPS) is 15.9. The highest BCUT2D eigenvalue weighted by atomic mass is 16.4. The average Bonchev–Trinajstić information content (AvgIpc) is 2.60. The molecule has 8 heteroatoms. The highest BCUT2D eigenvalue weighted by Crippen LogP contribution is 2.16. The Hall–Kier alpha value is -2.38. The van der Waals surface area contributed by atoms with Gasteiger partial charge in [-0.3, -0.25) is 19.7 Å². The van der Waals surface area contributed by atoms with Gasteiger partial charge in [-0.25, -0.2) is 9.59 Å². The molecule has 3 amide bonds. The fourth-order valence-electron chi connectivity index (χ4n) is 1.57. The summed E-state index contributed by atoms with van der Waals surface area (Å²) in [4.78, 5) is 34.5. The summed E-state index contributed by atoms with van der Waals surface area (Å²) in [5, 5.41) is 14.9. The molecule has 0 unspecified atom stereocenters. The van der Waals surface area contributed by atoms with E-state index in [-0.39, 0.29) is 30.4 Å². The second-order valence-corrected chi connectivity index (χ2v) is 3.57. The summed E-state index contributed by atoms with van der Waals surface area (Å²) in [7, 11) is 1.47. The Bertz CT molecular complexity index is 507. The van der Waals surface area contributed by atoms with E-state index >= 15 is 0 Å². The van der Waals surface area contributed by atoms with Crippen LogP contribution in [-0.2, 0) is 11.8 Å². The van der Waals surface area contributed by atoms with E-state index in [1.165, 1.54) is 22.7 Å². The van der Waals surface area contributed by atoms with Gasteiger partial charge in [-0.05, 0) is 0 Å². The van der Waals surface area contributed by atoms with Gasteiger partial charge in [0.05, 0.1) is 0 Å². The van der Waals surface area contributed by atoms with Crippen LogP contribution in [0.15, 0.2) is 6.07 Å². The Labute approximate surface area is 95.8 Å². The number of amides is 3. The molecule has 2 rings (SSSR count). The first kappa shape index (κ1) is 11.1. The van der Waals surface area contributed by atoms with Crippen LogP contribution in [0.4, 0.5) is 10.6 Å². The summed E-state index contributed by atoms with van der Waals surface area (Å²) >= 11 is 0. The van der Waals surface area contributed by atoms with Crippen molar-refractivity contribution in [2.45, 2.75) is 6.42 Å². The van der Waals surface area contributed by atoms with E-state index in [2.05, 4.69) is 10.4 Å². The van der Waals surface area contributed by atoms with Gasteiger partial charge in [-0.2, -0.15) is 5.10 Å². The lowest BCUT2D eigenvalue weighted by molar-refractivity contribution is -0.120. The number of nitrogens with zero attached hydrogens (tertiary/aromatic N) is 3. The summed E-state index contributed by atoms with van der Waals surface area (Å²) in [6.07, 6.45) is 0.171. The van der Waals surface area contributed by atoms with E-state index in [4.69, 9.17) is 5.11 Å². The minimum absolute atomic E-state index is 0.0234. The second-order valence-electron chi connectivity index (χ2n) is 3.57. The first-order valence-corrected chi connectivity index (χ1v) is 4.87. The summed E-state index contributed by atoms with van der Waals surface area (Å²) in [5.74, 6) is -1.25. The Balaban J connectivity index is 2.28. The van der Waals surface area contributed by atoms with Gasteiger partial charge in [0.2, 0.25) is 5.91 Å². The SMILES string of the molecule is Cn1nc(N2CCC(=O)NC2=O)cc1C(=O)O. The highest BCUT2D eigenvalue weighted by Gasteiger charge is 2.27. The predicted molar refractivity (Wildman–Crippen MR) is 55.7 cm³/mol. The van der Waals surface area contributed by atoms with E-state index < -0.39 is 12.0 Å². The number of hydrogen-bond acceptors (Lipinski definition) is 4. The summed E-state index contributed by atoms with van der Waals surface area (Å²) < 4.78 is 1.17. The highest BCUT2D eigenvalue weighted by molar-refractivity contribution is 6.05. The van der Waals surface area contributed by atoms with E-state index in [1.54, 1.807) is 0 Å². The number of aromatic nitrogens is 2. The molecule has 2 heterocycles. The molecule has 1 fully saturated rings. The van der Waals surface area contributed by atoms with Crippen LogP contribution < -0.4 is 10.2 Å². The van der Waals surface area contributed by atoms with E-state index in [0.29, 0.717) is 0 Å². The zero-order valence-electron chi connectivity index (χ0n) is 9.01. The van der Waals surface area contributed by atoms with Crippen molar-refractivity contribution in [3.63, 3.8) is 0 Å². The third-order valence-corrected chi connectivity index (χ3v) is 2.42. The van der Waals surface area contributed by atoms with Gasteiger partial charge in [0.15, 0.2) is 5.82 Å². The maximum atomic E-state index is 11.5. The van der Waals surface area contributed by atoms with Gasteiger partial charge in [-0.1, -0.05) is 0 Å². The molecule has 1 aliphatic rings. The van der Waals surface area contributed by atoms with Crippen LogP contribution in [0.2, 0.25) is 0 Å². The Kier molecular flexibility index (Phi) is 2.54. The summed E-state index contributed by atoms with van der Waals surface area (Å²) in [5.41, 5.74) is -0.0234. The maximum absolute atomic E-state index is 11.5. The Morgan fingerprint density at radius 2 is 2.24 bits per heavy atom. The van der Waals surface area contributed by atoms with Crippen molar-refractivity contribution in [3.8, 4) is 0 Å². The van der Waals surface area contributed by atoms with Crippen LogP contribution >= 0.6 is 0 Å². The first-order valence-electron chi connectivity index (χ1n) is 4.87. The minimum atomic E-state index is -1.13. The molecule has 17 heavy (non-hydrogen) atoms. The van der Waals surface area contributed by atoms with Gasteiger partial charge >= 0.3 is 12.0 Å². The van der Waals surface area contributed by atoms with Crippen molar-refractivity contribution >= 4 is 23.7 Å². The number of hydrogen-bond donors (Lipinski definition) is 2. The van der Waals surface area contributed by atoms with Crippen LogP contribution in [0, 0.1) is 0 Å². The van der Waals surface area contributed by atoms with Crippen LogP contribution in [-0.4, -0.2) is 39.3 Å². The summed E-state index contributed by atoms with van der Waals surface area (Å²) in [6.45, 7) is 0.195. The molecular weight excluding hydrogens is 228 g/mol. The first-order chi connectivity index (χ1) is 7.99. The Morgan fingerprint density at radius 1 is 1.53 bits per heavy atom. The van der Waals surface area contributed by atoms with Crippen molar-refractivity contribution in [1.82, 2.24) is 15.1 Å². The summed E-state index contributed by atoms with van der Waals surface area (Å²) in [6, 6.07) is 0.703. The standard InChI is InChI=1S/C9H10N4O4/c1-12-5(8(15)16)4-6(11-12)13-3-2-7(14)10-9(13)17/h4H,2-3H2,1H3,(H,15,16)(H,10,14,17). The lowest BCUT2D eigenvalue weighted by Crippen LogP contribution is -2.49. The van der Waals surface area contributed by atoms with Gasteiger partial charge in [0.1, 0.15) is 5.69 Å². The molecule has 90 valence electrons. The zero-order valence-corrected chi connectivity index (χ0v) is 9.01. The number of aryl methyl sites for hydroxylation is 1. The molecule has 2 N–H and O–H groups in total. The number of carbonyl (C=O) groups excluding carboxylic acids is 2. The molecule has 1 aliphatic heterocycles. The monoisotopic (exact) mass is 238 g/mol. The zero-order chi connectivity index (χ0) is 12.6. The molecule has 1 aromatic heterocycles. The third kappa shape index (κ3) is 1.96. The number of aromatic carboxylic acids is 1. The lowest BCUT2D eigenvalue weighted by Gasteiger charge is -2.24. The van der Waals surface area contributed by atoms with Gasteiger partial charge < -0.3 is 5.11 Å². The van der Waals surface area contributed by atoms with E-state index in [1.807, 2.05) is 0 Å². The van der Waals surface area contributed by atoms with Gasteiger partial charge in [0.25, 0.3) is 0 Å². The quantitative estimate of drug-likeness (QED) is 0.727. The number of carboxylic acids is 1. The Morgan fingerprint density at radius 3 is 2.76 bits per heavy atom. The van der Waals surface area contributed by atoms with Gasteiger partial charge in [-0.15, -0.1) is 0 Å². The van der Waals surface area contributed by atoms with Crippen LogP contribution in [0.5, 0.6) is 0 Å². The number of carboxylic acid groups (broad SMARTS) is 1. The molecule has 0 spiro atoms. The molecule has 0 radical (unpaired) electrons. The predicted octanol–water partition coefficient (Wildman–Crippen LogP) is -0.435. The molecule has 0 atom stereocenters. The third-order valence-electron chi connectivity index (χ3n) is 2.42. The van der Waals surface area contributed by atoms with Crippen molar-refractivity contribution < 1.29 is 19.5 Å². The molecule has 0 aromatic carbocycles. The minimum Gasteiger partial charge on any atom is -0.477 e. The van der Waals surface area contributed by atoms with Crippen LogP contribution in [0.25, 0.3) is 0 Å². The average molecular weight is 238 g/mol. The van der Waals surface area contributed by atoms with Crippen molar-refractivity contribution in [2.24, 2.45) is 7.05 Å². The number of rotatable bonds is 2. The van der Waals surface area contributed by atoms with E-state index in [0.717, 1.165) is 0 Å². The molecule has 8 nitrogen and oxygen atoms in total. The van der Waals surface area contributed by atoms with E-state index in [9.17, 15) is 14.4 Å². The molecule has 0 bridgehead atoms. The number of carbonyl (C=O) groups is 3. The lowest BCUT2D eigenvalue weighted by atomic mass is 10.3. The van der Waals surface area contributed by atoms with Crippen molar-refractivity contribution in [3.05, 3.63) is 11.8 Å². The fraction of sp³-hybridized carbons (Fsp3) is 0.333. The maximum Gasteiger partial charge on any atom is 0.354 e. The molecule has 0 saturated carbocycles. The second kappa shape index (κ2) is 3.89. The number of urea groups is 1. The molecule has 1 aromatic rings.